The molecule has 1 aromatic rings. The monoisotopic (exact) mass is 271 g/mol. The minimum atomic E-state index is 0.121. The first-order chi connectivity index (χ1) is 7.11. The fourth-order valence-electron chi connectivity index (χ4n) is 1.63. The Morgan fingerprint density at radius 3 is 2.80 bits per heavy atom. The second-order valence-corrected chi connectivity index (χ2v) is 4.95. The lowest BCUT2D eigenvalue weighted by Crippen LogP contribution is -2.47. The van der Waals surface area contributed by atoms with Gasteiger partial charge < -0.3 is 5.32 Å². The first kappa shape index (κ1) is 10.8. The Morgan fingerprint density at radius 2 is 2.33 bits per heavy atom. The molecule has 15 heavy (non-hydrogen) atoms. The molecule has 0 atom stereocenters. The Labute approximate surface area is 97.2 Å². The highest BCUT2D eigenvalue weighted by molar-refractivity contribution is 9.10. The van der Waals surface area contributed by atoms with Crippen LogP contribution in [0.25, 0.3) is 0 Å². The van der Waals surface area contributed by atoms with E-state index in [1.165, 1.54) is 0 Å². The quantitative estimate of drug-likeness (QED) is 0.851. The van der Waals surface area contributed by atoms with Gasteiger partial charge in [0.1, 0.15) is 5.69 Å². The maximum absolute atomic E-state index is 12.1. The van der Waals surface area contributed by atoms with E-state index in [0.717, 1.165) is 17.6 Å². The average Bonchev–Trinajstić information content (AvgIpc) is 2.43. The van der Waals surface area contributed by atoms with Crippen LogP contribution in [-0.2, 0) is 0 Å². The average molecular weight is 272 g/mol. The van der Waals surface area contributed by atoms with Gasteiger partial charge in [-0.05, 0) is 29.8 Å². The Hall–Kier alpha value is -0.680. The maximum atomic E-state index is 12.1. The molecule has 1 N–H and O–H groups in total. The second kappa shape index (κ2) is 4.06. The van der Waals surface area contributed by atoms with E-state index in [9.17, 15) is 4.79 Å². The van der Waals surface area contributed by atoms with Gasteiger partial charge in [-0.3, -0.25) is 9.48 Å². The summed E-state index contributed by atoms with van der Waals surface area (Å²) in [5.74, 6) is 0.308. The van der Waals surface area contributed by atoms with Gasteiger partial charge in [-0.2, -0.15) is 5.10 Å². The van der Waals surface area contributed by atoms with Gasteiger partial charge in [-0.1, -0.05) is 0 Å². The topological polar surface area (TPSA) is 46.9 Å². The van der Waals surface area contributed by atoms with Crippen LogP contribution in [0.5, 0.6) is 0 Å². The summed E-state index contributed by atoms with van der Waals surface area (Å²) in [6, 6.07) is 0.211. The van der Waals surface area contributed by atoms with Crippen molar-refractivity contribution in [2.75, 3.05) is 13.1 Å². The highest BCUT2D eigenvalue weighted by Crippen LogP contribution is 2.23. The lowest BCUT2D eigenvalue weighted by Gasteiger charge is -2.26. The molecule has 1 fully saturated rings. The van der Waals surface area contributed by atoms with E-state index >= 15 is 0 Å². The Morgan fingerprint density at radius 1 is 1.67 bits per heavy atom. The highest BCUT2D eigenvalue weighted by Gasteiger charge is 2.30. The van der Waals surface area contributed by atoms with Crippen molar-refractivity contribution < 1.29 is 4.79 Å². The van der Waals surface area contributed by atoms with Crippen molar-refractivity contribution in [1.82, 2.24) is 15.1 Å². The molecule has 0 aliphatic carbocycles. The predicted octanol–water partition coefficient (Wildman–Crippen LogP) is 1.63. The summed E-state index contributed by atoms with van der Waals surface area (Å²) in [6.07, 6.45) is 1.69. The number of hydrogen-bond donors (Lipinski definition) is 1. The smallest absolute Gasteiger partial charge is 0.187 e. The van der Waals surface area contributed by atoms with Gasteiger partial charge in [-0.25, -0.2) is 0 Å². The molecule has 82 valence electrons. The Kier molecular flexibility index (Phi) is 2.93. The van der Waals surface area contributed by atoms with Crippen molar-refractivity contribution in [3.8, 4) is 0 Å². The molecule has 0 unspecified atom stereocenters. The third-order valence-corrected chi connectivity index (χ3v) is 3.21. The van der Waals surface area contributed by atoms with Gasteiger partial charge in [0.2, 0.25) is 0 Å². The fourth-order valence-corrected chi connectivity index (χ4v) is 2.10. The zero-order chi connectivity index (χ0) is 11.0. The van der Waals surface area contributed by atoms with E-state index in [1.807, 2.05) is 13.8 Å². The lowest BCUT2D eigenvalue weighted by molar-refractivity contribution is 0.0864. The van der Waals surface area contributed by atoms with Crippen LogP contribution in [0.2, 0.25) is 0 Å². The van der Waals surface area contributed by atoms with Gasteiger partial charge in [-0.15, -0.1) is 0 Å². The number of carbonyl (C=O) groups excluding carboxylic acids is 1. The van der Waals surface area contributed by atoms with Crippen LogP contribution >= 0.6 is 15.9 Å². The number of halogens is 1. The van der Waals surface area contributed by atoms with Crippen molar-refractivity contribution >= 4 is 21.7 Å². The maximum Gasteiger partial charge on any atom is 0.187 e. The Bertz CT molecular complexity index is 382. The van der Waals surface area contributed by atoms with Crippen LogP contribution < -0.4 is 5.32 Å². The van der Waals surface area contributed by atoms with E-state index in [1.54, 1.807) is 10.9 Å². The number of carbonyl (C=O) groups is 1. The zero-order valence-electron chi connectivity index (χ0n) is 8.83. The van der Waals surface area contributed by atoms with E-state index in [0.29, 0.717) is 5.69 Å². The van der Waals surface area contributed by atoms with Crippen LogP contribution in [0.1, 0.15) is 30.4 Å². The third kappa shape index (κ3) is 1.86. The number of ketones is 1. The molecular weight excluding hydrogens is 258 g/mol. The number of rotatable bonds is 3. The van der Waals surface area contributed by atoms with Gasteiger partial charge >= 0.3 is 0 Å². The van der Waals surface area contributed by atoms with Crippen LogP contribution in [0.4, 0.5) is 0 Å². The largest absolute Gasteiger partial charge is 0.315 e. The molecule has 0 amide bonds. The summed E-state index contributed by atoms with van der Waals surface area (Å²) in [6.45, 7) is 5.62. The van der Waals surface area contributed by atoms with Gasteiger partial charge in [0.05, 0.1) is 10.7 Å². The first-order valence-electron chi connectivity index (χ1n) is 5.09. The van der Waals surface area contributed by atoms with Crippen LogP contribution in [0.15, 0.2) is 10.7 Å². The molecule has 4 nitrogen and oxygen atoms in total. The third-order valence-electron chi connectivity index (χ3n) is 2.63. The van der Waals surface area contributed by atoms with E-state index in [2.05, 4.69) is 26.3 Å². The van der Waals surface area contributed by atoms with Gasteiger partial charge in [0, 0.05) is 25.0 Å². The van der Waals surface area contributed by atoms with Crippen molar-refractivity contribution in [1.29, 1.82) is 0 Å². The second-order valence-electron chi connectivity index (χ2n) is 4.10. The minimum Gasteiger partial charge on any atom is -0.315 e. The van der Waals surface area contributed by atoms with Crippen LogP contribution in [-0.4, -0.2) is 28.7 Å². The number of aromatic nitrogens is 2. The number of Topliss-reactive ketones (excluding diaryl/α,β-unsaturated/α-hetero) is 1. The van der Waals surface area contributed by atoms with Crippen LogP contribution in [0.3, 0.4) is 0 Å². The molecule has 1 aromatic heterocycles. The summed E-state index contributed by atoms with van der Waals surface area (Å²) < 4.78 is 2.58. The van der Waals surface area contributed by atoms with Gasteiger partial charge in [0.15, 0.2) is 5.78 Å². The summed E-state index contributed by atoms with van der Waals surface area (Å²) in [5.41, 5.74) is 0.705. The van der Waals surface area contributed by atoms with Crippen molar-refractivity contribution in [3.63, 3.8) is 0 Å². The molecule has 0 spiro atoms. The zero-order valence-corrected chi connectivity index (χ0v) is 10.4. The fraction of sp³-hybridized carbons (Fsp3) is 0.600. The molecule has 1 saturated heterocycles. The first-order valence-corrected chi connectivity index (χ1v) is 5.88. The molecule has 1 aliphatic rings. The number of nitrogens with zero attached hydrogens (tertiary/aromatic N) is 2. The summed E-state index contributed by atoms with van der Waals surface area (Å²) in [5, 5.41) is 7.31. The summed E-state index contributed by atoms with van der Waals surface area (Å²) in [7, 11) is 0. The molecule has 0 bridgehead atoms. The molecule has 1 aliphatic heterocycles. The number of hydrogen-bond acceptors (Lipinski definition) is 3. The van der Waals surface area contributed by atoms with Crippen molar-refractivity contribution in [2.24, 2.45) is 5.92 Å². The molecule has 0 saturated carbocycles. The van der Waals surface area contributed by atoms with Crippen LogP contribution in [0, 0.1) is 5.92 Å². The molecule has 2 rings (SSSR count). The SMILES string of the molecule is CC(C)n1ncc(Br)c1C(=O)C1CNC1. The summed E-state index contributed by atoms with van der Waals surface area (Å²) in [4.78, 5) is 12.1. The van der Waals surface area contributed by atoms with E-state index < -0.39 is 0 Å². The lowest BCUT2D eigenvalue weighted by atomic mass is 9.96. The highest BCUT2D eigenvalue weighted by atomic mass is 79.9. The van der Waals surface area contributed by atoms with E-state index in [-0.39, 0.29) is 17.7 Å². The van der Waals surface area contributed by atoms with Crippen molar-refractivity contribution in [3.05, 3.63) is 16.4 Å². The normalized spacial score (nSPS) is 16.8. The number of nitrogens with one attached hydrogen (secondary N) is 1. The van der Waals surface area contributed by atoms with Crippen molar-refractivity contribution in [2.45, 2.75) is 19.9 Å². The molecule has 0 radical (unpaired) electrons. The molecule has 2 heterocycles. The minimum absolute atomic E-state index is 0.121. The standard InChI is InChI=1S/C10H14BrN3O/c1-6(2)14-9(8(11)5-13-14)10(15)7-3-12-4-7/h5-7,12H,3-4H2,1-2H3. The molecule has 5 heteroatoms. The van der Waals surface area contributed by atoms with E-state index in [4.69, 9.17) is 0 Å². The molecule has 0 aromatic carbocycles. The van der Waals surface area contributed by atoms with Gasteiger partial charge in [0.25, 0.3) is 0 Å². The predicted molar refractivity (Wildman–Crippen MR) is 61.0 cm³/mol. The Balaban J connectivity index is 2.32. The summed E-state index contributed by atoms with van der Waals surface area (Å²) >= 11 is 3.38. The molecular formula is C10H14BrN3O.